The SMILES string of the molecule is CCc1sc(NC(=O)COc2cc(C)c(Cl)c(C)c2)nc1-c1ccc(Br)cc1. The summed E-state index contributed by atoms with van der Waals surface area (Å²) in [5.74, 6) is 0.377. The Bertz CT molecular complexity index is 979. The molecule has 0 aliphatic carbocycles. The highest BCUT2D eigenvalue weighted by molar-refractivity contribution is 9.10. The van der Waals surface area contributed by atoms with Gasteiger partial charge >= 0.3 is 0 Å². The van der Waals surface area contributed by atoms with Crippen LogP contribution in [0.5, 0.6) is 5.75 Å². The molecular weight excluding hydrogens is 460 g/mol. The Labute approximate surface area is 182 Å². The van der Waals surface area contributed by atoms with Gasteiger partial charge in [-0.15, -0.1) is 11.3 Å². The van der Waals surface area contributed by atoms with E-state index in [0.717, 1.165) is 38.2 Å². The monoisotopic (exact) mass is 478 g/mol. The first-order valence-corrected chi connectivity index (χ1v) is 10.8. The van der Waals surface area contributed by atoms with Crippen molar-refractivity contribution >= 4 is 49.9 Å². The van der Waals surface area contributed by atoms with Crippen LogP contribution in [0.1, 0.15) is 22.9 Å². The van der Waals surface area contributed by atoms with Gasteiger partial charge in [0.15, 0.2) is 11.7 Å². The zero-order chi connectivity index (χ0) is 20.3. The van der Waals surface area contributed by atoms with E-state index in [9.17, 15) is 4.79 Å². The van der Waals surface area contributed by atoms with Crippen LogP contribution in [0.3, 0.4) is 0 Å². The maximum Gasteiger partial charge on any atom is 0.264 e. The van der Waals surface area contributed by atoms with Crippen LogP contribution in [0, 0.1) is 13.8 Å². The second-order valence-corrected chi connectivity index (χ2v) is 8.74. The van der Waals surface area contributed by atoms with Gasteiger partial charge in [0, 0.05) is 19.9 Å². The number of ether oxygens (including phenoxy) is 1. The lowest BCUT2D eigenvalue weighted by atomic mass is 10.1. The van der Waals surface area contributed by atoms with Gasteiger partial charge in [0.25, 0.3) is 5.91 Å². The summed E-state index contributed by atoms with van der Waals surface area (Å²) in [6.07, 6.45) is 0.846. The summed E-state index contributed by atoms with van der Waals surface area (Å²) >= 11 is 11.1. The molecule has 2 aromatic carbocycles. The lowest BCUT2D eigenvalue weighted by molar-refractivity contribution is -0.118. The molecule has 4 nitrogen and oxygen atoms in total. The molecule has 0 aliphatic rings. The van der Waals surface area contributed by atoms with Crippen molar-refractivity contribution in [2.75, 3.05) is 11.9 Å². The summed E-state index contributed by atoms with van der Waals surface area (Å²) in [7, 11) is 0. The zero-order valence-corrected chi connectivity index (χ0v) is 19.0. The molecule has 0 saturated carbocycles. The first-order chi connectivity index (χ1) is 13.4. The van der Waals surface area contributed by atoms with Crippen molar-refractivity contribution in [2.45, 2.75) is 27.2 Å². The summed E-state index contributed by atoms with van der Waals surface area (Å²) in [5.41, 5.74) is 3.77. The summed E-state index contributed by atoms with van der Waals surface area (Å²) in [6, 6.07) is 11.6. The molecule has 1 aromatic heterocycles. The summed E-state index contributed by atoms with van der Waals surface area (Å²) in [6.45, 7) is 5.81. The highest BCUT2D eigenvalue weighted by atomic mass is 79.9. The Kier molecular flexibility index (Phi) is 6.75. The third-order valence-corrected chi connectivity index (χ3v) is 6.40. The number of amides is 1. The molecule has 0 bridgehead atoms. The van der Waals surface area contributed by atoms with Crippen LogP contribution in [-0.4, -0.2) is 17.5 Å². The number of hydrogen-bond donors (Lipinski definition) is 1. The van der Waals surface area contributed by atoms with E-state index in [0.29, 0.717) is 15.9 Å². The van der Waals surface area contributed by atoms with Crippen LogP contribution in [0.15, 0.2) is 40.9 Å². The minimum atomic E-state index is -0.246. The Morgan fingerprint density at radius 1 is 1.21 bits per heavy atom. The predicted molar refractivity (Wildman–Crippen MR) is 120 cm³/mol. The molecule has 0 saturated heterocycles. The highest BCUT2D eigenvalue weighted by Gasteiger charge is 2.14. The molecule has 0 radical (unpaired) electrons. The van der Waals surface area contributed by atoms with Gasteiger partial charge in [-0.3, -0.25) is 10.1 Å². The molecule has 0 spiro atoms. The van der Waals surface area contributed by atoms with E-state index in [1.807, 2.05) is 50.2 Å². The Balaban J connectivity index is 1.68. The second-order valence-electron chi connectivity index (χ2n) is 6.36. The molecule has 0 aliphatic heterocycles. The normalized spacial score (nSPS) is 10.8. The van der Waals surface area contributed by atoms with Gasteiger partial charge in [0.2, 0.25) is 0 Å². The fourth-order valence-electron chi connectivity index (χ4n) is 2.77. The van der Waals surface area contributed by atoms with Crippen molar-refractivity contribution in [3.8, 4) is 17.0 Å². The smallest absolute Gasteiger partial charge is 0.264 e. The fraction of sp³-hybridized carbons (Fsp3) is 0.238. The van der Waals surface area contributed by atoms with Crippen molar-refractivity contribution in [2.24, 2.45) is 0 Å². The van der Waals surface area contributed by atoms with Crippen molar-refractivity contribution in [1.29, 1.82) is 0 Å². The number of rotatable bonds is 6. The first kappa shape index (κ1) is 20.8. The number of halogens is 2. The molecule has 3 aromatic rings. The van der Waals surface area contributed by atoms with Crippen molar-refractivity contribution in [3.63, 3.8) is 0 Å². The third kappa shape index (κ3) is 4.93. The molecule has 0 fully saturated rings. The van der Waals surface area contributed by atoms with Crippen LogP contribution >= 0.6 is 38.9 Å². The number of aromatic nitrogens is 1. The second kappa shape index (κ2) is 9.07. The Hall–Kier alpha value is -1.89. The number of carbonyl (C=O) groups is 1. The van der Waals surface area contributed by atoms with Crippen LogP contribution in [0.4, 0.5) is 5.13 Å². The third-order valence-electron chi connectivity index (χ3n) is 4.16. The Morgan fingerprint density at radius 2 is 1.86 bits per heavy atom. The van der Waals surface area contributed by atoms with E-state index in [1.165, 1.54) is 11.3 Å². The predicted octanol–water partition coefficient (Wildman–Crippen LogP) is 6.42. The standard InChI is InChI=1S/C21H20BrClN2O2S/c1-4-17-20(14-5-7-15(22)8-6-14)25-21(28-17)24-18(26)11-27-16-9-12(2)19(23)13(3)10-16/h5-10H,4,11H2,1-3H3,(H,24,25,26). The molecule has 28 heavy (non-hydrogen) atoms. The topological polar surface area (TPSA) is 51.2 Å². The number of carbonyl (C=O) groups excluding carboxylic acids is 1. The first-order valence-electron chi connectivity index (χ1n) is 8.82. The largest absolute Gasteiger partial charge is 0.484 e. The fourth-order valence-corrected chi connectivity index (χ4v) is 4.09. The molecule has 1 amide bonds. The van der Waals surface area contributed by atoms with Gasteiger partial charge in [-0.05, 0) is 55.7 Å². The van der Waals surface area contributed by atoms with Crippen LogP contribution in [-0.2, 0) is 11.2 Å². The molecule has 1 N–H and O–H groups in total. The van der Waals surface area contributed by atoms with Crippen LogP contribution < -0.4 is 10.1 Å². The van der Waals surface area contributed by atoms with E-state index in [1.54, 1.807) is 0 Å². The highest BCUT2D eigenvalue weighted by Crippen LogP contribution is 2.32. The number of anilines is 1. The lowest BCUT2D eigenvalue weighted by Crippen LogP contribution is -2.20. The van der Waals surface area contributed by atoms with Gasteiger partial charge < -0.3 is 4.74 Å². The van der Waals surface area contributed by atoms with E-state index < -0.39 is 0 Å². The van der Waals surface area contributed by atoms with Crippen molar-refractivity contribution in [3.05, 3.63) is 61.9 Å². The van der Waals surface area contributed by atoms with Crippen molar-refractivity contribution in [1.82, 2.24) is 4.98 Å². The van der Waals surface area contributed by atoms with Gasteiger partial charge in [0.05, 0.1) is 5.69 Å². The van der Waals surface area contributed by atoms with Gasteiger partial charge in [-0.25, -0.2) is 4.98 Å². The number of hydrogen-bond acceptors (Lipinski definition) is 4. The average molecular weight is 480 g/mol. The number of aryl methyl sites for hydroxylation is 3. The summed E-state index contributed by atoms with van der Waals surface area (Å²) in [5, 5.41) is 4.13. The molecular formula is C21H20BrClN2O2S. The molecule has 146 valence electrons. The minimum absolute atomic E-state index is 0.0881. The average Bonchev–Trinajstić information content (AvgIpc) is 3.07. The quantitative estimate of drug-likeness (QED) is 0.443. The molecule has 1 heterocycles. The minimum Gasteiger partial charge on any atom is -0.484 e. The van der Waals surface area contributed by atoms with E-state index in [2.05, 4.69) is 33.2 Å². The number of nitrogens with zero attached hydrogens (tertiary/aromatic N) is 1. The summed E-state index contributed by atoms with van der Waals surface area (Å²) < 4.78 is 6.64. The number of benzene rings is 2. The molecule has 7 heteroatoms. The van der Waals surface area contributed by atoms with Gasteiger partial charge in [-0.1, -0.05) is 46.6 Å². The molecule has 3 rings (SSSR count). The van der Waals surface area contributed by atoms with E-state index in [4.69, 9.17) is 16.3 Å². The molecule has 0 atom stereocenters. The van der Waals surface area contributed by atoms with Gasteiger partial charge in [-0.2, -0.15) is 0 Å². The van der Waals surface area contributed by atoms with Crippen molar-refractivity contribution < 1.29 is 9.53 Å². The van der Waals surface area contributed by atoms with Crippen LogP contribution in [0.2, 0.25) is 5.02 Å². The summed E-state index contributed by atoms with van der Waals surface area (Å²) in [4.78, 5) is 18.1. The van der Waals surface area contributed by atoms with E-state index >= 15 is 0 Å². The number of nitrogens with one attached hydrogen (secondary N) is 1. The number of thiazole rings is 1. The lowest BCUT2D eigenvalue weighted by Gasteiger charge is -2.09. The molecule has 0 unspecified atom stereocenters. The zero-order valence-electron chi connectivity index (χ0n) is 15.8. The van der Waals surface area contributed by atoms with Gasteiger partial charge in [0.1, 0.15) is 5.75 Å². The maximum atomic E-state index is 12.3. The van der Waals surface area contributed by atoms with Crippen LogP contribution in [0.25, 0.3) is 11.3 Å². The Morgan fingerprint density at radius 3 is 2.46 bits per heavy atom. The maximum absolute atomic E-state index is 12.3. The van der Waals surface area contributed by atoms with E-state index in [-0.39, 0.29) is 12.5 Å².